The van der Waals surface area contributed by atoms with Gasteiger partial charge in [-0.05, 0) is 12.1 Å². The van der Waals surface area contributed by atoms with E-state index in [9.17, 15) is 9.90 Å². The van der Waals surface area contributed by atoms with Gasteiger partial charge in [0.05, 0.1) is 13.2 Å². The molecule has 1 aliphatic rings. The van der Waals surface area contributed by atoms with Gasteiger partial charge in [-0.2, -0.15) is 0 Å². The summed E-state index contributed by atoms with van der Waals surface area (Å²) in [5.41, 5.74) is 0. The number of carbonyl (C=O) groups excluding carboxylic acids is 1. The molecule has 21 heavy (non-hydrogen) atoms. The normalized spacial score (nSPS) is 31.6. The molecule has 2 heterocycles. The molecule has 0 radical (unpaired) electrons. The van der Waals surface area contributed by atoms with Crippen LogP contribution >= 0.6 is 0 Å². The summed E-state index contributed by atoms with van der Waals surface area (Å²) in [7, 11) is 0. The fraction of sp³-hybridized carbons (Fsp3) is 0.583. The first-order chi connectivity index (χ1) is 9.91. The average Bonchev–Trinajstić information content (AvgIpc) is 3.07. The van der Waals surface area contributed by atoms with Crippen LogP contribution in [0.3, 0.4) is 0 Å². The molecule has 1 saturated heterocycles. The van der Waals surface area contributed by atoms with Crippen molar-refractivity contribution in [3.8, 4) is 0 Å². The Balaban J connectivity index is 0.000000219. The predicted octanol–water partition coefficient (Wildman–Crippen LogP) is -2.64. The number of hydrogen-bond donors (Lipinski definition) is 6. The minimum absolute atomic E-state index is 0.159. The van der Waals surface area contributed by atoms with Crippen molar-refractivity contribution < 1.29 is 44.6 Å². The van der Waals surface area contributed by atoms with Gasteiger partial charge >= 0.3 is 0 Å². The maximum atomic E-state index is 9.96. The smallest absolute Gasteiger partial charge is 0.219 e. The van der Waals surface area contributed by atoms with Gasteiger partial charge in [-0.3, -0.25) is 4.79 Å². The third-order valence-electron chi connectivity index (χ3n) is 2.88. The standard InChI is InChI=1S/C6H12O6.C6H6O3/c7-1-3-4(9)5(10)6(11,2-8)12-3;7-3-5-1-2-6(4-8)9-5/h3-5,7-11H,1-2H2;1-3,8H,4H2. The van der Waals surface area contributed by atoms with Crippen molar-refractivity contribution in [2.45, 2.75) is 30.7 Å². The molecule has 1 aromatic rings. The first kappa shape index (κ1) is 17.7. The maximum absolute atomic E-state index is 9.96. The van der Waals surface area contributed by atoms with Gasteiger partial charge in [0.2, 0.25) is 5.79 Å². The van der Waals surface area contributed by atoms with E-state index < -0.39 is 37.3 Å². The number of furan rings is 1. The van der Waals surface area contributed by atoms with E-state index in [1.807, 2.05) is 0 Å². The van der Waals surface area contributed by atoms with Gasteiger partial charge < -0.3 is 39.8 Å². The molecule has 0 spiro atoms. The van der Waals surface area contributed by atoms with E-state index in [0.29, 0.717) is 12.0 Å². The molecule has 4 atom stereocenters. The second kappa shape index (κ2) is 7.61. The molecule has 0 amide bonds. The molecule has 120 valence electrons. The number of hydrogen-bond acceptors (Lipinski definition) is 9. The highest BCUT2D eigenvalue weighted by molar-refractivity contribution is 5.70. The number of aldehydes is 1. The van der Waals surface area contributed by atoms with Crippen LogP contribution in [-0.4, -0.2) is 74.2 Å². The predicted molar refractivity (Wildman–Crippen MR) is 66.0 cm³/mol. The number of carbonyl (C=O) groups is 1. The Morgan fingerprint density at radius 3 is 2.19 bits per heavy atom. The van der Waals surface area contributed by atoms with Gasteiger partial charge in [-0.1, -0.05) is 0 Å². The average molecular weight is 306 g/mol. The van der Waals surface area contributed by atoms with E-state index in [1.54, 1.807) is 6.07 Å². The second-order valence-electron chi connectivity index (χ2n) is 4.36. The van der Waals surface area contributed by atoms with Crippen LogP contribution in [0.15, 0.2) is 16.5 Å². The number of aliphatic hydroxyl groups is 6. The van der Waals surface area contributed by atoms with Gasteiger partial charge in [-0.15, -0.1) is 0 Å². The summed E-state index contributed by atoms with van der Waals surface area (Å²) >= 11 is 0. The number of ether oxygens (including phenoxy) is 1. The molecule has 0 aliphatic carbocycles. The zero-order chi connectivity index (χ0) is 16.0. The molecule has 9 nitrogen and oxygen atoms in total. The summed E-state index contributed by atoms with van der Waals surface area (Å²) in [4.78, 5) is 9.96. The van der Waals surface area contributed by atoms with Crippen molar-refractivity contribution in [2.75, 3.05) is 13.2 Å². The molecule has 0 bridgehead atoms. The van der Waals surface area contributed by atoms with Crippen molar-refractivity contribution in [3.63, 3.8) is 0 Å². The number of rotatable bonds is 4. The van der Waals surface area contributed by atoms with Crippen molar-refractivity contribution in [1.29, 1.82) is 0 Å². The van der Waals surface area contributed by atoms with Crippen LogP contribution in [0.1, 0.15) is 16.3 Å². The summed E-state index contributed by atoms with van der Waals surface area (Å²) in [5.74, 6) is -1.50. The minimum atomic E-state index is -2.16. The molecule has 1 fully saturated rings. The monoisotopic (exact) mass is 306 g/mol. The van der Waals surface area contributed by atoms with Crippen LogP contribution in [0.4, 0.5) is 0 Å². The molecule has 2 rings (SSSR count). The van der Waals surface area contributed by atoms with Gasteiger partial charge in [-0.25, -0.2) is 0 Å². The van der Waals surface area contributed by atoms with Crippen LogP contribution in [-0.2, 0) is 11.3 Å². The van der Waals surface area contributed by atoms with Gasteiger partial charge in [0, 0.05) is 0 Å². The Labute approximate surface area is 119 Å². The van der Waals surface area contributed by atoms with E-state index in [2.05, 4.69) is 4.74 Å². The van der Waals surface area contributed by atoms with E-state index >= 15 is 0 Å². The molecule has 4 unspecified atom stereocenters. The first-order valence-corrected chi connectivity index (χ1v) is 6.04. The molecule has 0 saturated carbocycles. The lowest BCUT2D eigenvalue weighted by Crippen LogP contribution is -2.46. The minimum Gasteiger partial charge on any atom is -0.456 e. The zero-order valence-corrected chi connectivity index (χ0v) is 11.0. The second-order valence-corrected chi connectivity index (χ2v) is 4.36. The van der Waals surface area contributed by atoms with Crippen molar-refractivity contribution >= 4 is 6.29 Å². The third kappa shape index (κ3) is 4.08. The Morgan fingerprint density at radius 1 is 1.24 bits per heavy atom. The number of aliphatic hydroxyl groups excluding tert-OH is 5. The van der Waals surface area contributed by atoms with Crippen molar-refractivity contribution in [3.05, 3.63) is 23.7 Å². The van der Waals surface area contributed by atoms with Crippen LogP contribution in [0.2, 0.25) is 0 Å². The SMILES string of the molecule is O=Cc1ccc(CO)o1.OCC1OC(O)(CO)C(O)C1O. The fourth-order valence-electron chi connectivity index (χ4n) is 1.69. The third-order valence-corrected chi connectivity index (χ3v) is 2.88. The van der Waals surface area contributed by atoms with Gasteiger partial charge in [0.15, 0.2) is 12.0 Å². The van der Waals surface area contributed by atoms with E-state index in [-0.39, 0.29) is 12.4 Å². The Kier molecular flexibility index (Phi) is 6.42. The maximum Gasteiger partial charge on any atom is 0.219 e. The lowest BCUT2D eigenvalue weighted by molar-refractivity contribution is -0.248. The van der Waals surface area contributed by atoms with Crippen LogP contribution in [0.5, 0.6) is 0 Å². The van der Waals surface area contributed by atoms with Crippen LogP contribution < -0.4 is 0 Å². The summed E-state index contributed by atoms with van der Waals surface area (Å²) in [5, 5.41) is 53.1. The highest BCUT2D eigenvalue weighted by atomic mass is 16.7. The van der Waals surface area contributed by atoms with Crippen LogP contribution in [0, 0.1) is 0 Å². The molecule has 1 aromatic heterocycles. The Hall–Kier alpha value is -1.33. The summed E-state index contributed by atoms with van der Waals surface area (Å²) in [6, 6.07) is 3.07. The molecule has 6 N–H and O–H groups in total. The summed E-state index contributed by atoms with van der Waals surface area (Å²) in [6.07, 6.45) is -3.44. The Bertz CT molecular complexity index is 446. The molecule has 9 heteroatoms. The molecule has 1 aliphatic heterocycles. The van der Waals surface area contributed by atoms with Gasteiger partial charge in [0.25, 0.3) is 0 Å². The lowest BCUT2D eigenvalue weighted by atomic mass is 10.1. The van der Waals surface area contributed by atoms with Crippen molar-refractivity contribution in [2.24, 2.45) is 0 Å². The molecule has 0 aromatic carbocycles. The van der Waals surface area contributed by atoms with E-state index in [4.69, 9.17) is 29.9 Å². The topological polar surface area (TPSA) is 161 Å². The van der Waals surface area contributed by atoms with E-state index in [0.717, 1.165) is 0 Å². The zero-order valence-electron chi connectivity index (χ0n) is 11.0. The van der Waals surface area contributed by atoms with Crippen LogP contribution in [0.25, 0.3) is 0 Å². The lowest BCUT2D eigenvalue weighted by Gasteiger charge is -2.22. The Morgan fingerprint density at radius 2 is 1.90 bits per heavy atom. The van der Waals surface area contributed by atoms with E-state index in [1.165, 1.54) is 6.07 Å². The molecular weight excluding hydrogens is 288 g/mol. The van der Waals surface area contributed by atoms with Gasteiger partial charge in [0.1, 0.15) is 30.7 Å². The summed E-state index contributed by atoms with van der Waals surface area (Å²) in [6.45, 7) is -1.52. The largest absolute Gasteiger partial charge is 0.456 e. The van der Waals surface area contributed by atoms with Crippen molar-refractivity contribution in [1.82, 2.24) is 0 Å². The quantitative estimate of drug-likeness (QED) is 0.327. The summed E-state index contributed by atoms with van der Waals surface area (Å²) < 4.78 is 9.39. The highest BCUT2D eigenvalue weighted by Crippen LogP contribution is 2.28. The first-order valence-electron chi connectivity index (χ1n) is 6.04. The fourth-order valence-corrected chi connectivity index (χ4v) is 1.69. The molecular formula is C12H18O9. The highest BCUT2D eigenvalue weighted by Gasteiger charge is 2.52.